The van der Waals surface area contributed by atoms with Gasteiger partial charge in [-0.25, -0.2) is 4.79 Å². The van der Waals surface area contributed by atoms with Crippen molar-refractivity contribution in [3.63, 3.8) is 0 Å². The number of benzene rings is 1. The largest absolute Gasteiger partial charge is 0.493 e. The number of rotatable bonds is 6. The van der Waals surface area contributed by atoms with E-state index in [9.17, 15) is 4.79 Å². The minimum atomic E-state index is -0.959. The van der Waals surface area contributed by atoms with E-state index in [0.29, 0.717) is 12.4 Å². The number of hydrogen-bond acceptors (Lipinski definition) is 3. The van der Waals surface area contributed by atoms with Crippen molar-refractivity contribution in [2.75, 3.05) is 24.6 Å². The van der Waals surface area contributed by atoms with E-state index in [1.807, 2.05) is 13.0 Å². The van der Waals surface area contributed by atoms with Gasteiger partial charge < -0.3 is 14.7 Å². The van der Waals surface area contributed by atoms with Crippen LogP contribution in [0.25, 0.3) is 0 Å². The van der Waals surface area contributed by atoms with Crippen LogP contribution in [0.1, 0.15) is 31.1 Å². The molecule has 1 aromatic rings. The maximum Gasteiger partial charge on any atom is 0.339 e. The molecule has 0 unspecified atom stereocenters. The second kappa shape index (κ2) is 8.09. The Kier molecular flexibility index (Phi) is 7.60. The summed E-state index contributed by atoms with van der Waals surface area (Å²) in [6.45, 7) is 8.20. The molecule has 1 rings (SSSR count). The topological polar surface area (TPSA) is 49.8 Å². The molecule has 0 radical (unpaired) electrons. The third-order valence-electron chi connectivity index (χ3n) is 2.62. The van der Waals surface area contributed by atoms with Crippen LogP contribution in [0.4, 0.5) is 5.69 Å². The Labute approximate surface area is 121 Å². The van der Waals surface area contributed by atoms with Gasteiger partial charge in [-0.1, -0.05) is 0 Å². The molecule has 96 valence electrons. The summed E-state index contributed by atoms with van der Waals surface area (Å²) in [6, 6.07) is 5.21. The van der Waals surface area contributed by atoms with E-state index >= 15 is 0 Å². The van der Waals surface area contributed by atoms with Crippen LogP contribution in [0.2, 0.25) is 0 Å². The number of ether oxygens (including phenoxy) is 1. The molecular weight excluding hydrogens is 284 g/mol. The molecule has 0 bridgehead atoms. The average molecular weight is 303 g/mol. The van der Waals surface area contributed by atoms with Gasteiger partial charge in [-0.05, 0) is 32.9 Å². The van der Waals surface area contributed by atoms with Crippen molar-refractivity contribution in [3.05, 3.63) is 23.8 Å². The number of aromatic carboxylic acids is 1. The van der Waals surface area contributed by atoms with Crippen LogP contribution < -0.4 is 9.64 Å². The molecule has 0 atom stereocenters. The first kappa shape index (κ1) is 16.9. The number of carbonyl (C=O) groups is 1. The minimum absolute atomic E-state index is 0. The van der Waals surface area contributed by atoms with Crippen LogP contribution in [0.5, 0.6) is 5.75 Å². The molecule has 0 aromatic heterocycles. The molecule has 0 saturated carbocycles. The number of carboxylic acid groups (broad SMARTS) is 1. The number of nitrogens with zero attached hydrogens (tertiary/aromatic N) is 1. The predicted molar refractivity (Wildman–Crippen MR) is 68.1 cm³/mol. The fourth-order valence-corrected chi connectivity index (χ4v) is 1.75. The summed E-state index contributed by atoms with van der Waals surface area (Å²) in [4.78, 5) is 13.2. The van der Waals surface area contributed by atoms with E-state index in [0.717, 1.165) is 18.8 Å². The van der Waals surface area contributed by atoms with Crippen LogP contribution >= 0.6 is 0 Å². The molecular formula is C13H19NO3Zn. The normalized spacial score (nSPS) is 9.50. The fraction of sp³-hybridized carbons (Fsp3) is 0.462. The van der Waals surface area contributed by atoms with Crippen molar-refractivity contribution >= 4 is 11.7 Å². The summed E-state index contributed by atoms with van der Waals surface area (Å²) in [6.07, 6.45) is 0. The Morgan fingerprint density at radius 2 is 1.89 bits per heavy atom. The molecule has 0 aliphatic rings. The van der Waals surface area contributed by atoms with E-state index in [4.69, 9.17) is 9.84 Å². The minimum Gasteiger partial charge on any atom is -0.493 e. The smallest absolute Gasteiger partial charge is 0.339 e. The zero-order valence-corrected chi connectivity index (χ0v) is 14.2. The third-order valence-corrected chi connectivity index (χ3v) is 2.62. The van der Waals surface area contributed by atoms with Gasteiger partial charge in [0.15, 0.2) is 0 Å². The van der Waals surface area contributed by atoms with E-state index < -0.39 is 5.97 Å². The third kappa shape index (κ3) is 3.99. The van der Waals surface area contributed by atoms with Crippen LogP contribution in [0, 0.1) is 0 Å². The molecule has 0 aliphatic carbocycles. The Morgan fingerprint density at radius 1 is 1.28 bits per heavy atom. The summed E-state index contributed by atoms with van der Waals surface area (Å²) >= 11 is 0. The van der Waals surface area contributed by atoms with Crippen LogP contribution in [0.3, 0.4) is 0 Å². The number of carboxylic acids is 1. The molecule has 5 heteroatoms. The van der Waals surface area contributed by atoms with Crippen LogP contribution in [-0.2, 0) is 19.5 Å². The standard InChI is InChI=1S/C13H19NO3.Zn/c1-4-14(5-2)10-7-8-11(13(15)16)12(9-10)17-6-3;/h7-9H,4-6H2,1-3H3,(H,15,16);. The first-order valence-electron chi connectivity index (χ1n) is 5.89. The quantitative estimate of drug-likeness (QED) is 0.821. The number of anilines is 1. The van der Waals surface area contributed by atoms with Crippen molar-refractivity contribution in [1.29, 1.82) is 0 Å². The molecule has 0 spiro atoms. The van der Waals surface area contributed by atoms with Gasteiger partial charge in [-0.3, -0.25) is 0 Å². The second-order valence-corrected chi connectivity index (χ2v) is 3.59. The zero-order chi connectivity index (χ0) is 12.8. The first-order chi connectivity index (χ1) is 8.13. The molecule has 18 heavy (non-hydrogen) atoms. The van der Waals surface area contributed by atoms with E-state index in [2.05, 4.69) is 18.7 Å². The predicted octanol–water partition coefficient (Wildman–Crippen LogP) is 2.63. The maximum atomic E-state index is 11.0. The monoisotopic (exact) mass is 301 g/mol. The molecule has 0 aliphatic heterocycles. The van der Waals surface area contributed by atoms with Gasteiger partial charge in [-0.15, -0.1) is 0 Å². The SMILES string of the molecule is CCOc1cc(N(CC)CC)ccc1C(=O)O.[Zn]. The van der Waals surface area contributed by atoms with Crippen molar-refractivity contribution in [2.24, 2.45) is 0 Å². The Hall–Kier alpha value is -1.09. The summed E-state index contributed by atoms with van der Waals surface area (Å²) in [5.74, 6) is -0.524. The fourth-order valence-electron chi connectivity index (χ4n) is 1.75. The van der Waals surface area contributed by atoms with Gasteiger partial charge in [0.25, 0.3) is 0 Å². The van der Waals surface area contributed by atoms with Crippen molar-refractivity contribution in [2.45, 2.75) is 20.8 Å². The van der Waals surface area contributed by atoms with Crippen molar-refractivity contribution in [1.82, 2.24) is 0 Å². The van der Waals surface area contributed by atoms with Gasteiger partial charge in [0.05, 0.1) is 6.61 Å². The molecule has 0 saturated heterocycles. The van der Waals surface area contributed by atoms with Crippen molar-refractivity contribution in [3.8, 4) is 5.75 Å². The van der Waals surface area contributed by atoms with Crippen LogP contribution in [0.15, 0.2) is 18.2 Å². The molecule has 1 N–H and O–H groups in total. The summed E-state index contributed by atoms with van der Waals surface area (Å²) in [7, 11) is 0. The van der Waals surface area contributed by atoms with Gasteiger partial charge >= 0.3 is 5.97 Å². The Morgan fingerprint density at radius 3 is 2.33 bits per heavy atom. The van der Waals surface area contributed by atoms with Gasteiger partial charge in [0, 0.05) is 44.3 Å². The Bertz CT molecular complexity index is 392. The maximum absolute atomic E-state index is 11.0. The van der Waals surface area contributed by atoms with Gasteiger partial charge in [0.2, 0.25) is 0 Å². The second-order valence-electron chi connectivity index (χ2n) is 3.59. The molecule has 0 heterocycles. The van der Waals surface area contributed by atoms with E-state index in [-0.39, 0.29) is 25.0 Å². The van der Waals surface area contributed by atoms with E-state index in [1.165, 1.54) is 0 Å². The van der Waals surface area contributed by atoms with Gasteiger partial charge in [-0.2, -0.15) is 0 Å². The average Bonchev–Trinajstić information content (AvgIpc) is 2.31. The molecule has 1 aromatic carbocycles. The van der Waals surface area contributed by atoms with Crippen molar-refractivity contribution < 1.29 is 34.1 Å². The summed E-state index contributed by atoms with van der Waals surface area (Å²) < 4.78 is 5.37. The van der Waals surface area contributed by atoms with Gasteiger partial charge in [0.1, 0.15) is 11.3 Å². The van der Waals surface area contributed by atoms with E-state index in [1.54, 1.807) is 12.1 Å². The molecule has 0 fully saturated rings. The number of hydrogen-bond donors (Lipinski definition) is 1. The summed E-state index contributed by atoms with van der Waals surface area (Å²) in [5.41, 5.74) is 1.20. The molecule has 0 amide bonds. The summed E-state index contributed by atoms with van der Waals surface area (Å²) in [5, 5.41) is 9.04. The Balaban J connectivity index is 0.00000289. The zero-order valence-electron chi connectivity index (χ0n) is 11.3. The first-order valence-corrected chi connectivity index (χ1v) is 5.89. The molecule has 4 nitrogen and oxygen atoms in total. The van der Waals surface area contributed by atoms with Crippen LogP contribution in [-0.4, -0.2) is 30.8 Å².